The summed E-state index contributed by atoms with van der Waals surface area (Å²) in [5.41, 5.74) is 1.98. The molecular weight excluding hydrogens is 320 g/mol. The molecular formula is C19H20N2O2S. The maximum absolute atomic E-state index is 12.2. The van der Waals surface area contributed by atoms with Crippen LogP contribution < -0.4 is 10.1 Å². The highest BCUT2D eigenvalue weighted by atomic mass is 32.1. The zero-order valence-corrected chi connectivity index (χ0v) is 14.6. The summed E-state index contributed by atoms with van der Waals surface area (Å²) in [5, 5.41) is 4.03. The molecule has 1 unspecified atom stereocenters. The molecule has 5 heteroatoms. The number of thiazole rings is 1. The van der Waals surface area contributed by atoms with Crippen molar-refractivity contribution in [3.63, 3.8) is 0 Å². The molecule has 0 radical (unpaired) electrons. The van der Waals surface area contributed by atoms with Gasteiger partial charge >= 0.3 is 0 Å². The van der Waals surface area contributed by atoms with Crippen LogP contribution in [-0.4, -0.2) is 18.0 Å². The number of para-hydroxylation sites is 2. The van der Waals surface area contributed by atoms with Crippen LogP contribution in [0.3, 0.4) is 0 Å². The summed E-state index contributed by atoms with van der Waals surface area (Å²) in [6.45, 7) is 1.97. The Morgan fingerprint density at radius 1 is 1.21 bits per heavy atom. The molecule has 1 N–H and O–H groups in total. The number of aromatic nitrogens is 1. The molecule has 1 aromatic heterocycles. The Morgan fingerprint density at radius 3 is 2.75 bits per heavy atom. The minimum absolute atomic E-state index is 0.0210. The molecule has 1 heterocycles. The Kier molecular flexibility index (Phi) is 5.11. The lowest BCUT2D eigenvalue weighted by Gasteiger charge is -2.17. The summed E-state index contributed by atoms with van der Waals surface area (Å²) in [5.74, 6) is 0.809. The third-order valence-corrected chi connectivity index (χ3v) is 4.98. The number of rotatable bonds is 6. The first-order chi connectivity index (χ1) is 11.7. The first-order valence-corrected chi connectivity index (χ1v) is 8.75. The van der Waals surface area contributed by atoms with E-state index >= 15 is 0 Å². The van der Waals surface area contributed by atoms with Crippen LogP contribution in [0.25, 0.3) is 10.2 Å². The summed E-state index contributed by atoms with van der Waals surface area (Å²) < 4.78 is 6.51. The fraction of sp³-hybridized carbons (Fsp3) is 0.263. The Hall–Kier alpha value is -2.40. The molecule has 0 saturated carbocycles. The van der Waals surface area contributed by atoms with Crippen molar-refractivity contribution in [2.45, 2.75) is 25.8 Å². The molecule has 2 aromatic carbocycles. The van der Waals surface area contributed by atoms with Crippen LogP contribution in [0.5, 0.6) is 5.75 Å². The number of ether oxygens (including phenoxy) is 1. The van der Waals surface area contributed by atoms with E-state index in [1.807, 2.05) is 49.4 Å². The van der Waals surface area contributed by atoms with Crippen molar-refractivity contribution < 1.29 is 9.53 Å². The molecule has 0 aliphatic rings. The minimum Gasteiger partial charge on any atom is -0.496 e. The number of carbonyl (C=O) groups is 1. The molecule has 0 saturated heterocycles. The first kappa shape index (κ1) is 16.5. The van der Waals surface area contributed by atoms with Gasteiger partial charge in [0.05, 0.1) is 28.4 Å². The average Bonchev–Trinajstić information content (AvgIpc) is 3.03. The Balaban J connectivity index is 1.59. The molecule has 124 valence electrons. The van der Waals surface area contributed by atoms with E-state index in [1.165, 1.54) is 0 Å². The van der Waals surface area contributed by atoms with E-state index in [0.29, 0.717) is 12.8 Å². The molecule has 3 rings (SSSR count). The zero-order valence-electron chi connectivity index (χ0n) is 13.8. The Labute approximate surface area is 145 Å². The first-order valence-electron chi connectivity index (χ1n) is 7.94. The van der Waals surface area contributed by atoms with Crippen molar-refractivity contribution in [2.75, 3.05) is 7.11 Å². The van der Waals surface area contributed by atoms with Crippen molar-refractivity contribution in [1.29, 1.82) is 0 Å². The number of hydrogen-bond donors (Lipinski definition) is 1. The normalized spacial score (nSPS) is 12.1. The number of hydrogen-bond acceptors (Lipinski definition) is 4. The number of methoxy groups -OCH3 is 1. The van der Waals surface area contributed by atoms with Gasteiger partial charge < -0.3 is 10.1 Å². The van der Waals surface area contributed by atoms with Crippen molar-refractivity contribution in [3.05, 3.63) is 59.1 Å². The lowest BCUT2D eigenvalue weighted by Crippen LogP contribution is -2.27. The molecule has 1 amide bonds. The topological polar surface area (TPSA) is 51.2 Å². The second-order valence-electron chi connectivity index (χ2n) is 5.61. The van der Waals surface area contributed by atoms with E-state index in [-0.39, 0.29) is 11.9 Å². The third kappa shape index (κ3) is 3.74. The highest BCUT2D eigenvalue weighted by Crippen LogP contribution is 2.25. The van der Waals surface area contributed by atoms with Crippen LogP contribution in [0.2, 0.25) is 0 Å². The van der Waals surface area contributed by atoms with Gasteiger partial charge in [-0.3, -0.25) is 4.79 Å². The standard InChI is InChI=1S/C19H20N2O2S/c1-13(14-7-3-5-9-16(14)23-2)20-18(22)11-12-19-21-15-8-4-6-10-17(15)24-19/h3-10,13H,11-12H2,1-2H3,(H,20,22). The van der Waals surface area contributed by atoms with Gasteiger partial charge in [0.15, 0.2) is 0 Å². The van der Waals surface area contributed by atoms with Gasteiger partial charge in [0, 0.05) is 18.4 Å². The summed E-state index contributed by atoms with van der Waals surface area (Å²) in [4.78, 5) is 16.8. The second-order valence-corrected chi connectivity index (χ2v) is 6.72. The van der Waals surface area contributed by atoms with Crippen LogP contribution in [0, 0.1) is 0 Å². The summed E-state index contributed by atoms with van der Waals surface area (Å²) in [6, 6.07) is 15.7. The van der Waals surface area contributed by atoms with Gasteiger partial charge in [-0.15, -0.1) is 11.3 Å². The quantitative estimate of drug-likeness (QED) is 0.734. The SMILES string of the molecule is COc1ccccc1C(C)NC(=O)CCc1nc2ccccc2s1. The highest BCUT2D eigenvalue weighted by molar-refractivity contribution is 7.18. The van der Waals surface area contributed by atoms with Gasteiger partial charge in [-0.2, -0.15) is 0 Å². The van der Waals surface area contributed by atoms with Crippen LogP contribution in [0.15, 0.2) is 48.5 Å². The van der Waals surface area contributed by atoms with Crippen LogP contribution in [0.1, 0.15) is 30.0 Å². The second kappa shape index (κ2) is 7.45. The largest absolute Gasteiger partial charge is 0.496 e. The number of nitrogens with zero attached hydrogens (tertiary/aromatic N) is 1. The maximum Gasteiger partial charge on any atom is 0.220 e. The molecule has 0 aliphatic carbocycles. The predicted molar refractivity (Wildman–Crippen MR) is 97.5 cm³/mol. The van der Waals surface area contributed by atoms with E-state index in [9.17, 15) is 4.79 Å². The van der Waals surface area contributed by atoms with E-state index in [4.69, 9.17) is 4.74 Å². The number of benzene rings is 2. The zero-order chi connectivity index (χ0) is 16.9. The van der Waals surface area contributed by atoms with Gasteiger partial charge in [0.1, 0.15) is 5.75 Å². The van der Waals surface area contributed by atoms with E-state index in [0.717, 1.165) is 26.5 Å². The fourth-order valence-corrected chi connectivity index (χ4v) is 3.63. The summed E-state index contributed by atoms with van der Waals surface area (Å²) >= 11 is 1.65. The smallest absolute Gasteiger partial charge is 0.220 e. The predicted octanol–water partition coefficient (Wildman–Crippen LogP) is 4.11. The number of fused-ring (bicyclic) bond motifs is 1. The van der Waals surface area contributed by atoms with Crippen LogP contribution >= 0.6 is 11.3 Å². The summed E-state index contributed by atoms with van der Waals surface area (Å²) in [7, 11) is 1.64. The van der Waals surface area contributed by atoms with Crippen molar-refractivity contribution >= 4 is 27.5 Å². The van der Waals surface area contributed by atoms with Crippen molar-refractivity contribution in [3.8, 4) is 5.75 Å². The minimum atomic E-state index is -0.0935. The van der Waals surface area contributed by atoms with E-state index in [2.05, 4.69) is 16.4 Å². The lowest BCUT2D eigenvalue weighted by atomic mass is 10.1. The molecule has 0 bridgehead atoms. The molecule has 4 nitrogen and oxygen atoms in total. The van der Waals surface area contributed by atoms with Crippen LogP contribution in [0.4, 0.5) is 0 Å². The van der Waals surface area contributed by atoms with Gasteiger partial charge in [-0.1, -0.05) is 30.3 Å². The van der Waals surface area contributed by atoms with Gasteiger partial charge in [-0.05, 0) is 25.1 Å². The van der Waals surface area contributed by atoms with Crippen molar-refractivity contribution in [1.82, 2.24) is 10.3 Å². The maximum atomic E-state index is 12.2. The average molecular weight is 340 g/mol. The monoisotopic (exact) mass is 340 g/mol. The van der Waals surface area contributed by atoms with Crippen LogP contribution in [-0.2, 0) is 11.2 Å². The van der Waals surface area contributed by atoms with Gasteiger partial charge in [0.25, 0.3) is 0 Å². The molecule has 3 aromatic rings. The molecule has 0 aliphatic heterocycles. The highest BCUT2D eigenvalue weighted by Gasteiger charge is 2.14. The number of carbonyl (C=O) groups excluding carboxylic acids is 1. The number of aryl methyl sites for hydroxylation is 1. The number of amides is 1. The number of nitrogens with one attached hydrogen (secondary N) is 1. The summed E-state index contributed by atoms with van der Waals surface area (Å²) in [6.07, 6.45) is 1.09. The van der Waals surface area contributed by atoms with E-state index < -0.39 is 0 Å². The van der Waals surface area contributed by atoms with E-state index in [1.54, 1.807) is 18.4 Å². The Morgan fingerprint density at radius 2 is 1.96 bits per heavy atom. The van der Waals surface area contributed by atoms with Gasteiger partial charge in [0.2, 0.25) is 5.91 Å². The molecule has 0 fully saturated rings. The molecule has 0 spiro atoms. The van der Waals surface area contributed by atoms with Gasteiger partial charge in [-0.25, -0.2) is 4.98 Å². The third-order valence-electron chi connectivity index (χ3n) is 3.89. The Bertz CT molecular complexity index is 811. The molecule has 1 atom stereocenters. The lowest BCUT2D eigenvalue weighted by molar-refractivity contribution is -0.121. The fourth-order valence-electron chi connectivity index (χ4n) is 2.66. The van der Waals surface area contributed by atoms with Crippen molar-refractivity contribution in [2.24, 2.45) is 0 Å². The molecule has 24 heavy (non-hydrogen) atoms.